The topological polar surface area (TPSA) is 71.3 Å². The molecule has 1 heterocycles. The average Bonchev–Trinajstić information content (AvgIpc) is 2.23. The van der Waals surface area contributed by atoms with Crippen LogP contribution in [0.5, 0.6) is 0 Å². The molecule has 0 radical (unpaired) electrons. The predicted octanol–water partition coefficient (Wildman–Crippen LogP) is 1.66. The van der Waals surface area contributed by atoms with E-state index in [0.29, 0.717) is 11.4 Å². The molecule has 6 heteroatoms. The molecule has 0 amide bonds. The van der Waals surface area contributed by atoms with Crippen molar-refractivity contribution < 1.29 is 4.92 Å². The molecule has 0 aliphatic rings. The number of nitrogens with zero attached hydrogens (tertiary/aromatic N) is 3. The van der Waals surface area contributed by atoms with Gasteiger partial charge in [0, 0.05) is 12.1 Å². The van der Waals surface area contributed by atoms with Crippen LogP contribution >= 0.6 is 0 Å². The number of hydrogen-bond acceptors (Lipinski definition) is 5. The van der Waals surface area contributed by atoms with Gasteiger partial charge in [-0.15, -0.1) is 0 Å². The van der Waals surface area contributed by atoms with E-state index in [-0.39, 0.29) is 5.69 Å². The van der Waals surface area contributed by atoms with Crippen molar-refractivity contribution in [3.8, 4) is 0 Å². The SMILES string of the molecule is Cc1cc(NCCCN(C)C)ncc1[N+](=O)[O-]. The van der Waals surface area contributed by atoms with Gasteiger partial charge in [0.15, 0.2) is 0 Å². The van der Waals surface area contributed by atoms with Gasteiger partial charge in [-0.05, 0) is 40.1 Å². The molecule has 1 N–H and O–H groups in total. The van der Waals surface area contributed by atoms with Crippen LogP contribution in [0.15, 0.2) is 12.3 Å². The zero-order valence-corrected chi connectivity index (χ0v) is 10.4. The molecule has 0 atom stereocenters. The fraction of sp³-hybridized carbons (Fsp3) is 0.545. The summed E-state index contributed by atoms with van der Waals surface area (Å²) in [6, 6.07) is 1.70. The van der Waals surface area contributed by atoms with Gasteiger partial charge in [-0.2, -0.15) is 0 Å². The van der Waals surface area contributed by atoms with Crippen molar-refractivity contribution in [1.29, 1.82) is 0 Å². The third kappa shape index (κ3) is 4.36. The molecular formula is C11H18N4O2. The minimum Gasteiger partial charge on any atom is -0.370 e. The maximum atomic E-state index is 10.6. The summed E-state index contributed by atoms with van der Waals surface area (Å²) in [5.74, 6) is 0.687. The molecular weight excluding hydrogens is 220 g/mol. The second kappa shape index (κ2) is 6.15. The Morgan fingerprint density at radius 1 is 1.53 bits per heavy atom. The Bertz CT molecular complexity index is 393. The highest BCUT2D eigenvalue weighted by Gasteiger charge is 2.10. The van der Waals surface area contributed by atoms with Crippen LogP contribution in [-0.4, -0.2) is 42.0 Å². The molecule has 0 saturated heterocycles. The molecule has 0 unspecified atom stereocenters. The lowest BCUT2D eigenvalue weighted by atomic mass is 10.2. The minimum absolute atomic E-state index is 0.0591. The fourth-order valence-corrected chi connectivity index (χ4v) is 1.45. The second-order valence-electron chi connectivity index (χ2n) is 4.20. The van der Waals surface area contributed by atoms with Crippen LogP contribution in [0.3, 0.4) is 0 Å². The van der Waals surface area contributed by atoms with E-state index >= 15 is 0 Å². The molecule has 0 spiro atoms. The van der Waals surface area contributed by atoms with Crippen LogP contribution in [0.25, 0.3) is 0 Å². The Labute approximate surface area is 101 Å². The van der Waals surface area contributed by atoms with Gasteiger partial charge in [0.2, 0.25) is 0 Å². The van der Waals surface area contributed by atoms with Gasteiger partial charge in [-0.3, -0.25) is 10.1 Å². The molecule has 0 fully saturated rings. The van der Waals surface area contributed by atoms with E-state index in [1.165, 1.54) is 6.20 Å². The van der Waals surface area contributed by atoms with Gasteiger partial charge in [0.05, 0.1) is 4.92 Å². The van der Waals surface area contributed by atoms with Crippen molar-refractivity contribution in [2.75, 3.05) is 32.5 Å². The molecule has 6 nitrogen and oxygen atoms in total. The lowest BCUT2D eigenvalue weighted by molar-refractivity contribution is -0.385. The van der Waals surface area contributed by atoms with E-state index in [1.807, 2.05) is 14.1 Å². The molecule has 1 aromatic rings. The molecule has 17 heavy (non-hydrogen) atoms. The molecule has 94 valence electrons. The second-order valence-corrected chi connectivity index (χ2v) is 4.20. The van der Waals surface area contributed by atoms with E-state index in [9.17, 15) is 10.1 Å². The maximum Gasteiger partial charge on any atom is 0.290 e. The highest BCUT2D eigenvalue weighted by Crippen LogP contribution is 2.18. The van der Waals surface area contributed by atoms with Gasteiger partial charge < -0.3 is 10.2 Å². The van der Waals surface area contributed by atoms with Crippen molar-refractivity contribution in [3.63, 3.8) is 0 Å². The number of aryl methyl sites for hydroxylation is 1. The molecule has 1 rings (SSSR count). The standard InChI is InChI=1S/C11H18N4O2/c1-9-7-11(12-5-4-6-14(2)3)13-8-10(9)15(16)17/h7-8H,4-6H2,1-3H3,(H,12,13). The molecule has 1 aromatic heterocycles. The number of pyridine rings is 1. The monoisotopic (exact) mass is 238 g/mol. The van der Waals surface area contributed by atoms with E-state index in [1.54, 1.807) is 13.0 Å². The van der Waals surface area contributed by atoms with Gasteiger partial charge in [-0.25, -0.2) is 4.98 Å². The van der Waals surface area contributed by atoms with Crippen LogP contribution in [0.1, 0.15) is 12.0 Å². The summed E-state index contributed by atoms with van der Waals surface area (Å²) in [5, 5.41) is 13.8. The zero-order valence-electron chi connectivity index (χ0n) is 10.4. The summed E-state index contributed by atoms with van der Waals surface area (Å²) in [5.41, 5.74) is 0.684. The van der Waals surface area contributed by atoms with Crippen molar-refractivity contribution >= 4 is 11.5 Å². The molecule has 0 saturated carbocycles. The number of nitrogens with one attached hydrogen (secondary N) is 1. The van der Waals surface area contributed by atoms with Crippen LogP contribution < -0.4 is 5.32 Å². The highest BCUT2D eigenvalue weighted by atomic mass is 16.6. The zero-order chi connectivity index (χ0) is 12.8. The van der Waals surface area contributed by atoms with Gasteiger partial charge >= 0.3 is 0 Å². The summed E-state index contributed by atoms with van der Waals surface area (Å²) in [6.07, 6.45) is 2.30. The third-order valence-corrected chi connectivity index (χ3v) is 2.37. The first-order valence-corrected chi connectivity index (χ1v) is 5.50. The molecule has 0 aliphatic heterocycles. The summed E-state index contributed by atoms with van der Waals surface area (Å²) in [4.78, 5) is 16.3. The molecule has 0 bridgehead atoms. The number of nitro groups is 1. The largest absolute Gasteiger partial charge is 0.370 e. The maximum absolute atomic E-state index is 10.6. The number of rotatable bonds is 6. The van der Waals surface area contributed by atoms with Gasteiger partial charge in [-0.1, -0.05) is 0 Å². The molecule has 0 aromatic carbocycles. The van der Waals surface area contributed by atoms with Crippen molar-refractivity contribution in [2.24, 2.45) is 0 Å². The van der Waals surface area contributed by atoms with E-state index in [0.717, 1.165) is 19.5 Å². The van der Waals surface area contributed by atoms with Crippen molar-refractivity contribution in [1.82, 2.24) is 9.88 Å². The lowest BCUT2D eigenvalue weighted by Gasteiger charge is -2.10. The minimum atomic E-state index is -0.418. The number of aromatic nitrogens is 1. The smallest absolute Gasteiger partial charge is 0.290 e. The van der Waals surface area contributed by atoms with E-state index < -0.39 is 4.92 Å². The summed E-state index contributed by atoms with van der Waals surface area (Å²) in [7, 11) is 4.04. The summed E-state index contributed by atoms with van der Waals surface area (Å²) in [6.45, 7) is 3.52. The number of anilines is 1. The Morgan fingerprint density at radius 2 is 2.24 bits per heavy atom. The summed E-state index contributed by atoms with van der Waals surface area (Å²) >= 11 is 0. The number of hydrogen-bond donors (Lipinski definition) is 1. The van der Waals surface area contributed by atoms with Gasteiger partial charge in [0.1, 0.15) is 12.0 Å². The van der Waals surface area contributed by atoms with Crippen LogP contribution in [0.2, 0.25) is 0 Å². The van der Waals surface area contributed by atoms with Crippen LogP contribution in [0, 0.1) is 17.0 Å². The van der Waals surface area contributed by atoms with Crippen LogP contribution in [-0.2, 0) is 0 Å². The summed E-state index contributed by atoms with van der Waals surface area (Å²) < 4.78 is 0. The average molecular weight is 238 g/mol. The first kappa shape index (κ1) is 13.4. The Balaban J connectivity index is 2.50. The first-order valence-electron chi connectivity index (χ1n) is 5.50. The fourth-order valence-electron chi connectivity index (χ4n) is 1.45. The highest BCUT2D eigenvalue weighted by molar-refractivity contribution is 5.46. The van der Waals surface area contributed by atoms with Crippen LogP contribution in [0.4, 0.5) is 11.5 Å². The lowest BCUT2D eigenvalue weighted by Crippen LogP contribution is -2.16. The Morgan fingerprint density at radius 3 is 2.76 bits per heavy atom. The Kier molecular flexibility index (Phi) is 4.84. The molecule has 0 aliphatic carbocycles. The van der Waals surface area contributed by atoms with Crippen molar-refractivity contribution in [3.05, 3.63) is 27.9 Å². The van der Waals surface area contributed by atoms with E-state index in [2.05, 4.69) is 15.2 Å². The van der Waals surface area contributed by atoms with E-state index in [4.69, 9.17) is 0 Å². The first-order chi connectivity index (χ1) is 8.00. The van der Waals surface area contributed by atoms with Gasteiger partial charge in [0.25, 0.3) is 5.69 Å². The van der Waals surface area contributed by atoms with Crippen molar-refractivity contribution in [2.45, 2.75) is 13.3 Å². The predicted molar refractivity (Wildman–Crippen MR) is 67.3 cm³/mol. The quantitative estimate of drug-likeness (QED) is 0.463. The third-order valence-electron chi connectivity index (χ3n) is 2.37. The Hall–Kier alpha value is -1.69. The normalized spacial score (nSPS) is 10.6.